The Hall–Kier alpha value is -5.10. The molecular formula is C44H50N6O8S2. The molecule has 4 fully saturated rings. The van der Waals surface area contributed by atoms with E-state index in [1.165, 1.54) is 46.7 Å². The molecular weight excluding hydrogens is 805 g/mol. The van der Waals surface area contributed by atoms with E-state index in [-0.39, 0.29) is 39.7 Å². The third kappa shape index (κ3) is 8.99. The molecule has 14 nitrogen and oxygen atoms in total. The Balaban J connectivity index is 0.000000181. The molecule has 4 heterocycles. The zero-order valence-electron chi connectivity index (χ0n) is 33.7. The van der Waals surface area contributed by atoms with Crippen LogP contribution in [-0.2, 0) is 42.7 Å². The minimum atomic E-state index is -3.65. The molecule has 0 aromatic heterocycles. The van der Waals surface area contributed by atoms with Crippen LogP contribution in [0.3, 0.4) is 0 Å². The van der Waals surface area contributed by atoms with Gasteiger partial charge in [0.25, 0.3) is 0 Å². The van der Waals surface area contributed by atoms with Gasteiger partial charge in [0.2, 0.25) is 31.9 Å². The molecule has 8 rings (SSSR count). The summed E-state index contributed by atoms with van der Waals surface area (Å²) in [5, 5.41) is 6.44. The number of benzene rings is 4. The number of nitrogens with zero attached hydrogens (tertiary/aromatic N) is 4. The van der Waals surface area contributed by atoms with E-state index in [0.717, 1.165) is 11.1 Å². The van der Waals surface area contributed by atoms with Crippen molar-refractivity contribution >= 4 is 43.4 Å². The van der Waals surface area contributed by atoms with Gasteiger partial charge in [-0.1, -0.05) is 84.9 Å². The van der Waals surface area contributed by atoms with Crippen molar-refractivity contribution < 1.29 is 36.0 Å². The number of carbonyl (C=O) groups excluding carboxylic acids is 4. The molecule has 316 valence electrons. The third-order valence-electron chi connectivity index (χ3n) is 12.0. The van der Waals surface area contributed by atoms with E-state index >= 15 is 0 Å². The van der Waals surface area contributed by atoms with Gasteiger partial charge in [-0.05, 0) is 74.9 Å². The van der Waals surface area contributed by atoms with Gasteiger partial charge in [-0.2, -0.15) is 8.61 Å². The number of rotatable bonds is 10. The number of nitrogens with one attached hydrogen (secondary N) is 2. The van der Waals surface area contributed by atoms with Crippen LogP contribution in [0.5, 0.6) is 0 Å². The monoisotopic (exact) mass is 854 g/mol. The summed E-state index contributed by atoms with van der Waals surface area (Å²) < 4.78 is 55.1. The Kier molecular flexibility index (Phi) is 12.5. The van der Waals surface area contributed by atoms with E-state index in [9.17, 15) is 36.0 Å². The SMILES string of the molecule is CC(=O)c1ccc(S(=O)(=O)N2CCC3(CC2)NC(=O)CN3Cc2ccccc2)cc1.CC(=O)c1ccc(S(=O)(=O)N2CCC3(CC2)NCC(=O)N3Cc2ccccc2)cc1. The number of hydrogen-bond acceptors (Lipinski definition) is 10. The average Bonchev–Trinajstić information content (AvgIpc) is 3.71. The fourth-order valence-corrected chi connectivity index (χ4v) is 11.4. The van der Waals surface area contributed by atoms with Crippen molar-refractivity contribution in [3.63, 3.8) is 0 Å². The molecule has 0 unspecified atom stereocenters. The van der Waals surface area contributed by atoms with E-state index in [4.69, 9.17) is 0 Å². The van der Waals surface area contributed by atoms with Crippen molar-refractivity contribution in [3.8, 4) is 0 Å². The summed E-state index contributed by atoms with van der Waals surface area (Å²) in [7, 11) is -7.30. The van der Waals surface area contributed by atoms with Gasteiger partial charge in [-0.3, -0.25) is 29.4 Å². The number of Topliss-reactive ketones (excluding diaryl/α,β-unsaturated/α-hetero) is 2. The molecule has 0 bridgehead atoms. The zero-order chi connectivity index (χ0) is 42.7. The van der Waals surface area contributed by atoms with E-state index in [0.29, 0.717) is 82.6 Å². The van der Waals surface area contributed by atoms with Crippen LogP contribution < -0.4 is 10.6 Å². The van der Waals surface area contributed by atoms with Crippen molar-refractivity contribution in [1.82, 2.24) is 29.0 Å². The highest BCUT2D eigenvalue weighted by atomic mass is 32.2. The van der Waals surface area contributed by atoms with Gasteiger partial charge in [0.05, 0.1) is 34.2 Å². The van der Waals surface area contributed by atoms with E-state index in [1.807, 2.05) is 65.6 Å². The zero-order valence-corrected chi connectivity index (χ0v) is 35.4. The van der Waals surface area contributed by atoms with Crippen molar-refractivity contribution in [3.05, 3.63) is 131 Å². The predicted molar refractivity (Wildman–Crippen MR) is 224 cm³/mol. The van der Waals surface area contributed by atoms with Crippen molar-refractivity contribution in [2.75, 3.05) is 39.3 Å². The fraction of sp³-hybridized carbons (Fsp3) is 0.364. The topological polar surface area (TPSA) is 174 Å². The number of sulfonamides is 2. The molecule has 2 amide bonds. The number of hydrogen-bond donors (Lipinski definition) is 2. The lowest BCUT2D eigenvalue weighted by atomic mass is 9.96. The van der Waals surface area contributed by atoms with Crippen molar-refractivity contribution in [2.45, 2.75) is 73.7 Å². The van der Waals surface area contributed by atoms with Crippen LogP contribution in [0.15, 0.2) is 119 Å². The summed E-state index contributed by atoms with van der Waals surface area (Å²) in [6.45, 7) is 5.91. The third-order valence-corrected chi connectivity index (χ3v) is 15.8. The maximum absolute atomic E-state index is 13.0. The van der Waals surface area contributed by atoms with Gasteiger partial charge < -0.3 is 10.2 Å². The first kappa shape index (κ1) is 43.0. The highest BCUT2D eigenvalue weighted by molar-refractivity contribution is 7.89. The second-order valence-corrected chi connectivity index (χ2v) is 19.6. The van der Waals surface area contributed by atoms with Gasteiger partial charge in [0, 0.05) is 50.4 Å². The van der Waals surface area contributed by atoms with Gasteiger partial charge in [-0.15, -0.1) is 0 Å². The van der Waals surface area contributed by atoms with Crippen LogP contribution in [0.1, 0.15) is 71.4 Å². The van der Waals surface area contributed by atoms with Gasteiger partial charge in [0.15, 0.2) is 11.6 Å². The van der Waals surface area contributed by atoms with Gasteiger partial charge in [0.1, 0.15) is 0 Å². The Morgan fingerprint density at radius 3 is 1.43 bits per heavy atom. The number of piperidine rings is 2. The quantitative estimate of drug-likeness (QED) is 0.222. The van der Waals surface area contributed by atoms with Gasteiger partial charge >= 0.3 is 0 Å². The summed E-state index contributed by atoms with van der Waals surface area (Å²) in [4.78, 5) is 52.0. The Morgan fingerprint density at radius 2 is 1.00 bits per heavy atom. The first-order valence-electron chi connectivity index (χ1n) is 20.0. The lowest BCUT2D eigenvalue weighted by Gasteiger charge is -2.44. The molecule has 4 aliphatic heterocycles. The number of ketones is 2. The Bertz CT molecular complexity index is 2330. The molecule has 4 aromatic rings. The highest BCUT2D eigenvalue weighted by Gasteiger charge is 2.49. The first-order chi connectivity index (χ1) is 28.6. The van der Waals surface area contributed by atoms with Crippen LogP contribution in [0.25, 0.3) is 0 Å². The molecule has 0 aliphatic carbocycles. The summed E-state index contributed by atoms with van der Waals surface area (Å²) >= 11 is 0. The van der Waals surface area contributed by atoms with E-state index in [1.54, 1.807) is 24.3 Å². The summed E-state index contributed by atoms with van der Waals surface area (Å²) in [6.07, 6.45) is 2.10. The predicted octanol–water partition coefficient (Wildman–Crippen LogP) is 4.00. The molecule has 0 radical (unpaired) electrons. The molecule has 0 saturated carbocycles. The fourth-order valence-electron chi connectivity index (χ4n) is 8.49. The van der Waals surface area contributed by atoms with E-state index < -0.39 is 31.4 Å². The van der Waals surface area contributed by atoms with Crippen LogP contribution in [0.4, 0.5) is 0 Å². The Morgan fingerprint density at radius 1 is 0.583 bits per heavy atom. The van der Waals surface area contributed by atoms with Crippen LogP contribution in [0, 0.1) is 0 Å². The van der Waals surface area contributed by atoms with Gasteiger partial charge in [-0.25, -0.2) is 16.8 Å². The molecule has 60 heavy (non-hydrogen) atoms. The largest absolute Gasteiger partial charge is 0.337 e. The minimum Gasteiger partial charge on any atom is -0.337 e. The maximum atomic E-state index is 13.0. The van der Waals surface area contributed by atoms with Crippen LogP contribution in [0.2, 0.25) is 0 Å². The van der Waals surface area contributed by atoms with E-state index in [2.05, 4.69) is 15.5 Å². The smallest absolute Gasteiger partial charge is 0.243 e. The molecule has 4 aromatic carbocycles. The number of amides is 2. The normalized spacial score (nSPS) is 19.5. The first-order valence-corrected chi connectivity index (χ1v) is 22.9. The lowest BCUT2D eigenvalue weighted by Crippen LogP contribution is -2.58. The maximum Gasteiger partial charge on any atom is 0.243 e. The van der Waals surface area contributed by atoms with Crippen LogP contribution in [-0.4, -0.2) is 109 Å². The van der Waals surface area contributed by atoms with Crippen molar-refractivity contribution in [1.29, 1.82) is 0 Å². The molecule has 4 saturated heterocycles. The standard InChI is InChI=1S/2C22H25N3O4S/c1-17(26)19-7-9-20(10-8-19)30(28,29)24-13-11-22(12-14-24)23-15-21(27)25(22)16-18-5-3-2-4-6-18;1-17(26)19-7-9-20(10-8-19)30(28,29)25-13-11-22(12-14-25)23-21(27)16-24(22)15-18-5-3-2-4-6-18/h2-10,23H,11-16H2,1H3;2-10H,11-16H2,1H3,(H,23,27). The number of carbonyl (C=O) groups is 4. The molecule has 2 N–H and O–H groups in total. The summed E-state index contributed by atoms with van der Waals surface area (Å²) in [5.74, 6) is -0.194. The minimum absolute atomic E-state index is 0.0259. The van der Waals surface area contributed by atoms with Crippen molar-refractivity contribution in [2.24, 2.45) is 0 Å². The average molecular weight is 855 g/mol. The Labute approximate surface area is 351 Å². The lowest BCUT2D eigenvalue weighted by molar-refractivity contribution is -0.132. The second-order valence-electron chi connectivity index (χ2n) is 15.7. The summed E-state index contributed by atoms with van der Waals surface area (Å²) in [5.41, 5.74) is 2.10. The highest BCUT2D eigenvalue weighted by Crippen LogP contribution is 2.35. The van der Waals surface area contributed by atoms with Crippen LogP contribution >= 0.6 is 0 Å². The molecule has 2 spiro atoms. The molecule has 4 aliphatic rings. The second kappa shape index (κ2) is 17.5. The molecule has 16 heteroatoms. The molecule has 0 atom stereocenters. The summed E-state index contributed by atoms with van der Waals surface area (Å²) in [6, 6.07) is 31.9.